The highest BCUT2D eigenvalue weighted by Gasteiger charge is 2.21. The Bertz CT molecular complexity index is 844. The lowest BCUT2D eigenvalue weighted by Crippen LogP contribution is -2.49. The maximum atomic E-state index is 12.7. The number of nitrogens with zero attached hydrogens (tertiary/aromatic N) is 4. The van der Waals surface area contributed by atoms with E-state index in [0.29, 0.717) is 90.6 Å². The van der Waals surface area contributed by atoms with Crippen molar-refractivity contribution in [3.8, 4) is 0 Å². The van der Waals surface area contributed by atoms with Gasteiger partial charge >= 0.3 is 17.9 Å². The fraction of sp³-hybridized carbons (Fsp3) is 0.821. The predicted octanol–water partition coefficient (Wildman–Crippen LogP) is -1.37. The number of hydrogen-bond donors (Lipinski definition) is 6. The Hall–Kier alpha value is -2.85. The van der Waals surface area contributed by atoms with Gasteiger partial charge in [0.05, 0.1) is 32.2 Å². The molecule has 0 spiro atoms. The average Bonchev–Trinajstić information content (AvgIpc) is 2.91. The van der Waals surface area contributed by atoms with E-state index in [1.807, 2.05) is 4.90 Å². The van der Waals surface area contributed by atoms with Crippen LogP contribution in [0.15, 0.2) is 0 Å². The van der Waals surface area contributed by atoms with Crippen LogP contribution in [0.1, 0.15) is 46.0 Å². The van der Waals surface area contributed by atoms with Gasteiger partial charge < -0.3 is 31.7 Å². The molecule has 2 amide bonds. The van der Waals surface area contributed by atoms with E-state index < -0.39 is 23.9 Å². The van der Waals surface area contributed by atoms with Crippen LogP contribution in [0.4, 0.5) is 0 Å². The standard InChI is InChI=1S/C28H53N7O8/c1-22(2)6-5-9-31-28(43)23(29)7-3-4-8-30-24(36)18-32-10-12-33(19-25(37)38)14-16-35(21-27(41)42)17-15-34(13-11-32)20-26(39)40/h22-23H,3-21,29H2,1-2H3,(H,30,36)(H,31,43)(H,37,38)(H,39,40)(H,41,42)/t23-/m1/s1. The lowest BCUT2D eigenvalue weighted by molar-refractivity contribution is -0.140. The molecule has 0 radical (unpaired) electrons. The van der Waals surface area contributed by atoms with E-state index in [-0.39, 0.29) is 38.0 Å². The van der Waals surface area contributed by atoms with Crippen molar-refractivity contribution < 1.29 is 39.3 Å². The summed E-state index contributed by atoms with van der Waals surface area (Å²) in [7, 11) is 0. The number of rotatable bonds is 18. The van der Waals surface area contributed by atoms with Gasteiger partial charge in [-0.15, -0.1) is 0 Å². The molecule has 0 aliphatic carbocycles. The van der Waals surface area contributed by atoms with Gasteiger partial charge in [-0.1, -0.05) is 13.8 Å². The largest absolute Gasteiger partial charge is 0.480 e. The molecule has 1 aliphatic heterocycles. The van der Waals surface area contributed by atoms with Crippen LogP contribution < -0.4 is 16.4 Å². The Morgan fingerprint density at radius 2 is 1.00 bits per heavy atom. The van der Waals surface area contributed by atoms with Gasteiger partial charge in [0.25, 0.3) is 0 Å². The summed E-state index contributed by atoms with van der Waals surface area (Å²) in [5.74, 6) is -2.80. The SMILES string of the molecule is CC(C)CCCNC(=O)[C@H](N)CCCCNC(=O)CN1CCN(CC(=O)O)CCN(CC(=O)O)CCN(CC(=O)O)CC1. The molecule has 15 nitrogen and oxygen atoms in total. The Morgan fingerprint density at radius 1 is 0.605 bits per heavy atom. The molecule has 0 unspecified atom stereocenters. The summed E-state index contributed by atoms with van der Waals surface area (Å²) in [5, 5.41) is 33.7. The second kappa shape index (κ2) is 21.8. The van der Waals surface area contributed by atoms with Gasteiger partial charge in [-0.05, 0) is 38.0 Å². The fourth-order valence-electron chi connectivity index (χ4n) is 4.75. The normalized spacial score (nSPS) is 17.5. The molecule has 248 valence electrons. The lowest BCUT2D eigenvalue weighted by Gasteiger charge is -2.32. The van der Waals surface area contributed by atoms with Crippen molar-refractivity contribution in [1.29, 1.82) is 0 Å². The molecule has 0 saturated carbocycles. The molecule has 1 fully saturated rings. The molecular weight excluding hydrogens is 562 g/mol. The Balaban J connectivity index is 2.61. The Kier molecular flexibility index (Phi) is 19.3. The number of unbranched alkanes of at least 4 members (excludes halogenated alkanes) is 1. The number of hydrogen-bond acceptors (Lipinski definition) is 10. The van der Waals surface area contributed by atoms with E-state index in [9.17, 15) is 39.3 Å². The van der Waals surface area contributed by atoms with Gasteiger partial charge in [-0.25, -0.2) is 0 Å². The number of nitrogens with two attached hydrogens (primary N) is 1. The number of nitrogens with one attached hydrogen (secondary N) is 2. The summed E-state index contributed by atoms with van der Waals surface area (Å²) in [4.78, 5) is 66.0. The van der Waals surface area contributed by atoms with Gasteiger partial charge in [0.15, 0.2) is 0 Å². The summed E-state index contributed by atoms with van der Waals surface area (Å²) in [6.45, 7) is 7.40. The van der Waals surface area contributed by atoms with Crippen LogP contribution in [0.25, 0.3) is 0 Å². The van der Waals surface area contributed by atoms with Crippen LogP contribution in [0.5, 0.6) is 0 Å². The molecule has 0 aromatic rings. The topological polar surface area (TPSA) is 209 Å². The summed E-state index contributed by atoms with van der Waals surface area (Å²) in [5.41, 5.74) is 5.99. The molecule has 1 atom stereocenters. The number of amides is 2. The lowest BCUT2D eigenvalue weighted by atomic mass is 10.1. The minimum Gasteiger partial charge on any atom is -0.480 e. The molecular formula is C28H53N7O8. The smallest absolute Gasteiger partial charge is 0.317 e. The van der Waals surface area contributed by atoms with Crippen LogP contribution in [0.2, 0.25) is 0 Å². The summed E-state index contributed by atoms with van der Waals surface area (Å²) in [6.07, 6.45) is 3.81. The van der Waals surface area contributed by atoms with E-state index in [1.165, 1.54) is 0 Å². The van der Waals surface area contributed by atoms with Crippen LogP contribution in [-0.2, 0) is 24.0 Å². The number of carboxylic acids is 3. The molecule has 43 heavy (non-hydrogen) atoms. The monoisotopic (exact) mass is 615 g/mol. The van der Waals surface area contributed by atoms with Gasteiger partial charge in [0, 0.05) is 65.4 Å². The van der Waals surface area contributed by atoms with Crippen molar-refractivity contribution in [1.82, 2.24) is 30.2 Å². The predicted molar refractivity (Wildman–Crippen MR) is 161 cm³/mol. The van der Waals surface area contributed by atoms with Crippen LogP contribution in [-0.4, -0.2) is 162 Å². The molecule has 15 heteroatoms. The zero-order valence-electron chi connectivity index (χ0n) is 25.8. The quantitative estimate of drug-likeness (QED) is 0.0985. The first-order valence-electron chi connectivity index (χ1n) is 15.2. The molecule has 1 heterocycles. The van der Waals surface area contributed by atoms with E-state index in [4.69, 9.17) is 5.73 Å². The zero-order valence-corrected chi connectivity index (χ0v) is 25.8. The van der Waals surface area contributed by atoms with Crippen LogP contribution >= 0.6 is 0 Å². The fourth-order valence-corrected chi connectivity index (χ4v) is 4.75. The first-order valence-corrected chi connectivity index (χ1v) is 15.2. The van der Waals surface area contributed by atoms with Crippen LogP contribution in [0.3, 0.4) is 0 Å². The molecule has 0 aromatic heterocycles. The van der Waals surface area contributed by atoms with Gasteiger partial charge in [0.1, 0.15) is 0 Å². The number of aliphatic carboxylic acids is 3. The third-order valence-electron chi connectivity index (χ3n) is 7.23. The van der Waals surface area contributed by atoms with E-state index in [1.54, 1.807) is 14.7 Å². The summed E-state index contributed by atoms with van der Waals surface area (Å²) < 4.78 is 0. The molecule has 0 aromatic carbocycles. The van der Waals surface area contributed by atoms with E-state index in [0.717, 1.165) is 12.8 Å². The maximum Gasteiger partial charge on any atom is 0.317 e. The van der Waals surface area contributed by atoms with E-state index in [2.05, 4.69) is 24.5 Å². The zero-order chi connectivity index (χ0) is 32.2. The van der Waals surface area contributed by atoms with Gasteiger partial charge in [-0.3, -0.25) is 43.6 Å². The average molecular weight is 616 g/mol. The third-order valence-corrected chi connectivity index (χ3v) is 7.23. The van der Waals surface area contributed by atoms with E-state index >= 15 is 0 Å². The highest BCUT2D eigenvalue weighted by molar-refractivity contribution is 5.81. The van der Waals surface area contributed by atoms with Crippen molar-refractivity contribution >= 4 is 29.7 Å². The number of carbonyl (C=O) groups excluding carboxylic acids is 2. The van der Waals surface area contributed by atoms with Gasteiger partial charge in [0.2, 0.25) is 11.8 Å². The Morgan fingerprint density at radius 3 is 1.40 bits per heavy atom. The second-order valence-electron chi connectivity index (χ2n) is 11.6. The first-order chi connectivity index (χ1) is 20.3. The van der Waals surface area contributed by atoms with Crippen molar-refractivity contribution in [3.05, 3.63) is 0 Å². The molecule has 1 aliphatic rings. The first kappa shape index (κ1) is 38.2. The minimum absolute atomic E-state index is 0.0608. The maximum absolute atomic E-state index is 12.7. The highest BCUT2D eigenvalue weighted by Crippen LogP contribution is 2.04. The van der Waals surface area contributed by atoms with Crippen LogP contribution in [0, 0.1) is 5.92 Å². The summed E-state index contributed by atoms with van der Waals surface area (Å²) >= 11 is 0. The molecule has 0 bridgehead atoms. The highest BCUT2D eigenvalue weighted by atomic mass is 16.4. The molecule has 1 saturated heterocycles. The molecule has 7 N–H and O–H groups in total. The Labute approximate surface area is 254 Å². The third kappa shape index (κ3) is 19.9. The summed E-state index contributed by atoms with van der Waals surface area (Å²) in [6, 6.07) is -0.587. The van der Waals surface area contributed by atoms with Crippen molar-refractivity contribution in [2.45, 2.75) is 52.0 Å². The number of carboxylic acid groups (broad SMARTS) is 3. The van der Waals surface area contributed by atoms with Crippen molar-refractivity contribution in [3.63, 3.8) is 0 Å². The minimum atomic E-state index is -1.01. The molecule has 1 rings (SSSR count). The van der Waals surface area contributed by atoms with Gasteiger partial charge in [-0.2, -0.15) is 0 Å². The second-order valence-corrected chi connectivity index (χ2v) is 11.6. The number of carbonyl (C=O) groups is 5. The van der Waals surface area contributed by atoms with Crippen molar-refractivity contribution in [2.75, 3.05) is 91.6 Å². The van der Waals surface area contributed by atoms with Crippen molar-refractivity contribution in [2.24, 2.45) is 11.7 Å².